The van der Waals surface area contributed by atoms with Gasteiger partial charge in [0.05, 0.1) is 15.9 Å². The topological polar surface area (TPSA) is 75.5 Å². The van der Waals surface area contributed by atoms with E-state index in [0.29, 0.717) is 31.4 Å². The standard InChI is InChI=1S/C21H32N4O3S/c1-4-24(5-2)29(27,28)17-10-11-19-18(16-17)22-20(25(19)6-3)12-13-21(26)23-14-8-7-9-15-23/h10-11,16H,4-9,12-15H2,1-3H3. The van der Waals surface area contributed by atoms with E-state index in [0.717, 1.165) is 43.8 Å². The molecule has 2 heterocycles. The Morgan fingerprint density at radius 2 is 1.79 bits per heavy atom. The monoisotopic (exact) mass is 420 g/mol. The van der Waals surface area contributed by atoms with E-state index < -0.39 is 10.0 Å². The maximum atomic E-state index is 12.8. The van der Waals surface area contributed by atoms with Gasteiger partial charge in [-0.25, -0.2) is 13.4 Å². The van der Waals surface area contributed by atoms with Gasteiger partial charge >= 0.3 is 0 Å². The SMILES string of the molecule is CCN(CC)S(=O)(=O)c1ccc2c(c1)nc(CCC(=O)N1CCCCC1)n2CC. The maximum absolute atomic E-state index is 12.8. The Hall–Kier alpha value is -1.93. The van der Waals surface area contributed by atoms with E-state index in [1.54, 1.807) is 12.1 Å². The number of hydrogen-bond donors (Lipinski definition) is 0. The summed E-state index contributed by atoms with van der Waals surface area (Å²) in [6.07, 6.45) is 4.38. The molecule has 0 N–H and O–H groups in total. The molecule has 7 nitrogen and oxygen atoms in total. The van der Waals surface area contributed by atoms with Gasteiger partial charge < -0.3 is 9.47 Å². The number of carbonyl (C=O) groups excluding carboxylic acids is 1. The van der Waals surface area contributed by atoms with Crippen molar-refractivity contribution in [3.05, 3.63) is 24.0 Å². The Morgan fingerprint density at radius 3 is 2.41 bits per heavy atom. The summed E-state index contributed by atoms with van der Waals surface area (Å²) in [6.45, 7) is 9.02. The predicted molar refractivity (Wildman–Crippen MR) is 114 cm³/mol. The van der Waals surface area contributed by atoms with Crippen molar-refractivity contribution in [2.45, 2.75) is 64.3 Å². The molecule has 1 aromatic heterocycles. The highest BCUT2D eigenvalue weighted by molar-refractivity contribution is 7.89. The summed E-state index contributed by atoms with van der Waals surface area (Å²) in [5.41, 5.74) is 1.58. The first kappa shape index (κ1) is 21.8. The summed E-state index contributed by atoms with van der Waals surface area (Å²) >= 11 is 0. The second-order valence-electron chi connectivity index (χ2n) is 7.45. The number of fused-ring (bicyclic) bond motifs is 1. The van der Waals surface area contributed by atoms with Crippen LogP contribution in [0, 0.1) is 0 Å². The van der Waals surface area contributed by atoms with Gasteiger partial charge in [-0.2, -0.15) is 4.31 Å². The molecule has 29 heavy (non-hydrogen) atoms. The zero-order valence-corrected chi connectivity index (χ0v) is 18.5. The number of benzene rings is 1. The lowest BCUT2D eigenvalue weighted by molar-refractivity contribution is -0.132. The third kappa shape index (κ3) is 4.48. The van der Waals surface area contributed by atoms with Crippen molar-refractivity contribution in [3.8, 4) is 0 Å². The first-order chi connectivity index (χ1) is 13.9. The molecule has 1 fully saturated rings. The van der Waals surface area contributed by atoms with Gasteiger partial charge in [-0.05, 0) is 44.4 Å². The van der Waals surface area contributed by atoms with Crippen LogP contribution in [0.3, 0.4) is 0 Å². The highest BCUT2D eigenvalue weighted by atomic mass is 32.2. The van der Waals surface area contributed by atoms with E-state index in [1.165, 1.54) is 10.7 Å². The van der Waals surface area contributed by atoms with Crippen LogP contribution < -0.4 is 0 Å². The minimum atomic E-state index is -3.52. The first-order valence-electron chi connectivity index (χ1n) is 10.7. The number of piperidine rings is 1. The number of aromatic nitrogens is 2. The zero-order valence-electron chi connectivity index (χ0n) is 17.7. The third-order valence-corrected chi connectivity index (χ3v) is 7.78. The van der Waals surface area contributed by atoms with Gasteiger partial charge in [0.25, 0.3) is 0 Å². The predicted octanol–water partition coefficient (Wildman–Crippen LogP) is 3.03. The van der Waals surface area contributed by atoms with Crippen LogP contribution in [0.5, 0.6) is 0 Å². The summed E-state index contributed by atoms with van der Waals surface area (Å²) in [4.78, 5) is 19.4. The van der Waals surface area contributed by atoms with Crippen LogP contribution in [0.1, 0.15) is 52.3 Å². The Bertz CT molecular complexity index is 958. The Balaban J connectivity index is 1.84. The Labute approximate surface area is 173 Å². The van der Waals surface area contributed by atoms with E-state index in [2.05, 4.69) is 4.57 Å². The second-order valence-corrected chi connectivity index (χ2v) is 9.39. The Morgan fingerprint density at radius 1 is 1.10 bits per heavy atom. The molecule has 1 aromatic carbocycles. The molecule has 3 rings (SSSR count). The molecule has 1 amide bonds. The van der Waals surface area contributed by atoms with Crippen molar-refractivity contribution in [1.29, 1.82) is 0 Å². The molecule has 8 heteroatoms. The summed E-state index contributed by atoms with van der Waals surface area (Å²) in [7, 11) is -3.52. The summed E-state index contributed by atoms with van der Waals surface area (Å²) in [5, 5.41) is 0. The lowest BCUT2D eigenvalue weighted by Crippen LogP contribution is -2.35. The highest BCUT2D eigenvalue weighted by Crippen LogP contribution is 2.24. The number of nitrogens with zero attached hydrogens (tertiary/aromatic N) is 4. The number of imidazole rings is 1. The molecule has 0 atom stereocenters. The zero-order chi connectivity index (χ0) is 21.0. The molecule has 160 valence electrons. The van der Waals surface area contributed by atoms with Crippen LogP contribution in [0.4, 0.5) is 0 Å². The molecule has 0 radical (unpaired) electrons. The molecule has 0 saturated carbocycles. The summed E-state index contributed by atoms with van der Waals surface area (Å²) < 4.78 is 29.2. The number of amides is 1. The molecule has 1 saturated heterocycles. The smallest absolute Gasteiger partial charge is 0.243 e. The van der Waals surface area contributed by atoms with Crippen molar-refractivity contribution >= 4 is 27.0 Å². The molecular formula is C21H32N4O3S. The molecule has 0 bridgehead atoms. The minimum Gasteiger partial charge on any atom is -0.343 e. The van der Waals surface area contributed by atoms with Gasteiger partial charge in [0.15, 0.2) is 0 Å². The number of aryl methyl sites for hydroxylation is 2. The van der Waals surface area contributed by atoms with Crippen LogP contribution in [0.15, 0.2) is 23.1 Å². The second kappa shape index (κ2) is 9.26. The van der Waals surface area contributed by atoms with E-state index in [9.17, 15) is 13.2 Å². The lowest BCUT2D eigenvalue weighted by atomic mass is 10.1. The molecule has 2 aromatic rings. The van der Waals surface area contributed by atoms with Crippen LogP contribution in [-0.2, 0) is 27.8 Å². The van der Waals surface area contributed by atoms with Crippen molar-refractivity contribution < 1.29 is 13.2 Å². The van der Waals surface area contributed by atoms with E-state index >= 15 is 0 Å². The highest BCUT2D eigenvalue weighted by Gasteiger charge is 2.23. The molecule has 1 aliphatic heterocycles. The van der Waals surface area contributed by atoms with Gasteiger partial charge in [0.1, 0.15) is 5.82 Å². The number of rotatable bonds is 8. The molecule has 0 spiro atoms. The quantitative estimate of drug-likeness (QED) is 0.658. The number of carbonyl (C=O) groups is 1. The number of sulfonamides is 1. The van der Waals surface area contributed by atoms with Crippen molar-refractivity contribution in [2.24, 2.45) is 0 Å². The molecular weight excluding hydrogens is 388 g/mol. The third-order valence-electron chi connectivity index (χ3n) is 5.73. The largest absolute Gasteiger partial charge is 0.343 e. The number of hydrogen-bond acceptors (Lipinski definition) is 4. The number of likely N-dealkylation sites (tertiary alicyclic amines) is 1. The van der Waals surface area contributed by atoms with Crippen LogP contribution in [0.2, 0.25) is 0 Å². The van der Waals surface area contributed by atoms with Crippen molar-refractivity contribution in [3.63, 3.8) is 0 Å². The molecule has 0 unspecified atom stereocenters. The fourth-order valence-corrected chi connectivity index (χ4v) is 5.57. The van der Waals surface area contributed by atoms with Gasteiger partial charge in [-0.3, -0.25) is 4.79 Å². The lowest BCUT2D eigenvalue weighted by Gasteiger charge is -2.26. The Kier molecular flexibility index (Phi) is 6.95. The van der Waals surface area contributed by atoms with Crippen LogP contribution in [0.25, 0.3) is 11.0 Å². The van der Waals surface area contributed by atoms with Crippen molar-refractivity contribution in [1.82, 2.24) is 18.8 Å². The first-order valence-corrected chi connectivity index (χ1v) is 12.1. The van der Waals surface area contributed by atoms with Gasteiger partial charge in [0.2, 0.25) is 15.9 Å². The fraction of sp³-hybridized carbons (Fsp3) is 0.619. The summed E-state index contributed by atoms with van der Waals surface area (Å²) in [6, 6.07) is 5.15. The average molecular weight is 421 g/mol. The van der Waals surface area contributed by atoms with Gasteiger partial charge in [-0.1, -0.05) is 13.8 Å². The van der Waals surface area contributed by atoms with Crippen molar-refractivity contribution in [2.75, 3.05) is 26.2 Å². The van der Waals surface area contributed by atoms with Crippen LogP contribution in [-0.4, -0.2) is 59.3 Å². The minimum absolute atomic E-state index is 0.184. The maximum Gasteiger partial charge on any atom is 0.243 e. The van der Waals surface area contributed by atoms with E-state index in [4.69, 9.17) is 4.98 Å². The van der Waals surface area contributed by atoms with Crippen LogP contribution >= 0.6 is 0 Å². The van der Waals surface area contributed by atoms with E-state index in [-0.39, 0.29) is 10.8 Å². The fourth-order valence-electron chi connectivity index (χ4n) is 4.10. The van der Waals surface area contributed by atoms with Gasteiger partial charge in [0, 0.05) is 45.6 Å². The van der Waals surface area contributed by atoms with E-state index in [1.807, 2.05) is 31.7 Å². The summed E-state index contributed by atoms with van der Waals surface area (Å²) in [5.74, 6) is 1.02. The molecule has 0 aliphatic carbocycles. The van der Waals surface area contributed by atoms with Gasteiger partial charge in [-0.15, -0.1) is 0 Å². The molecule has 1 aliphatic rings. The normalized spacial score (nSPS) is 15.4. The average Bonchev–Trinajstić information content (AvgIpc) is 3.10.